The molecule has 1 aromatic heterocycles. The Hall–Kier alpha value is -1.57. The highest BCUT2D eigenvalue weighted by atomic mass is 35.5. The van der Waals surface area contributed by atoms with Gasteiger partial charge in [0, 0.05) is 16.9 Å². The van der Waals surface area contributed by atoms with Gasteiger partial charge in [0.05, 0.1) is 12.3 Å². The molecule has 3 N–H and O–H groups in total. The lowest BCUT2D eigenvalue weighted by Gasteiger charge is -2.07. The molecular formula is C11H10ClFN2O3S. The van der Waals surface area contributed by atoms with Crippen LogP contribution in [0.4, 0.5) is 10.1 Å². The molecule has 0 saturated carbocycles. The Bertz CT molecular complexity index is 700. The molecule has 2 aromatic rings. The van der Waals surface area contributed by atoms with Gasteiger partial charge in [-0.1, -0.05) is 11.6 Å². The number of aliphatic hydroxyl groups is 1. The molecule has 0 unspecified atom stereocenters. The van der Waals surface area contributed by atoms with E-state index >= 15 is 0 Å². The first-order valence-electron chi connectivity index (χ1n) is 5.18. The summed E-state index contributed by atoms with van der Waals surface area (Å²) >= 11 is 5.68. The normalized spacial score (nSPS) is 11.5. The third-order valence-electron chi connectivity index (χ3n) is 2.37. The molecule has 1 heterocycles. The van der Waals surface area contributed by atoms with E-state index in [1.54, 1.807) is 0 Å². The second kappa shape index (κ2) is 5.20. The van der Waals surface area contributed by atoms with Crippen molar-refractivity contribution in [2.24, 2.45) is 0 Å². The smallest absolute Gasteiger partial charge is 0.263 e. The van der Waals surface area contributed by atoms with Gasteiger partial charge in [-0.15, -0.1) is 0 Å². The zero-order valence-electron chi connectivity index (χ0n) is 9.52. The SMILES string of the molecule is O=S(=O)(Nc1cc(Cl)ccc1F)c1c[nH]c(CO)c1. The highest BCUT2D eigenvalue weighted by Crippen LogP contribution is 2.23. The largest absolute Gasteiger partial charge is 0.390 e. The van der Waals surface area contributed by atoms with Gasteiger partial charge >= 0.3 is 0 Å². The van der Waals surface area contributed by atoms with E-state index in [1.807, 2.05) is 0 Å². The Morgan fingerprint density at radius 3 is 2.74 bits per heavy atom. The number of sulfonamides is 1. The second-order valence-electron chi connectivity index (χ2n) is 3.75. The number of halogens is 2. The number of H-pyrrole nitrogens is 1. The van der Waals surface area contributed by atoms with Gasteiger partial charge < -0.3 is 10.1 Å². The minimum Gasteiger partial charge on any atom is -0.390 e. The molecule has 0 bridgehead atoms. The fourth-order valence-corrected chi connectivity index (χ4v) is 2.69. The van der Waals surface area contributed by atoms with Crippen LogP contribution in [0.15, 0.2) is 35.4 Å². The number of nitrogens with one attached hydrogen (secondary N) is 2. The molecule has 0 spiro atoms. The zero-order chi connectivity index (χ0) is 14.0. The van der Waals surface area contributed by atoms with Gasteiger partial charge in [-0.25, -0.2) is 12.8 Å². The third-order valence-corrected chi connectivity index (χ3v) is 3.95. The van der Waals surface area contributed by atoms with Gasteiger partial charge in [-0.2, -0.15) is 0 Å². The van der Waals surface area contributed by atoms with E-state index < -0.39 is 15.8 Å². The molecule has 1 aromatic carbocycles. The minimum absolute atomic E-state index is 0.101. The lowest BCUT2D eigenvalue weighted by atomic mass is 10.3. The van der Waals surface area contributed by atoms with Crippen molar-refractivity contribution in [1.82, 2.24) is 4.98 Å². The van der Waals surface area contributed by atoms with Crippen LogP contribution in [-0.4, -0.2) is 18.5 Å². The number of benzene rings is 1. The minimum atomic E-state index is -3.93. The molecule has 102 valence electrons. The van der Waals surface area contributed by atoms with Crippen molar-refractivity contribution in [3.63, 3.8) is 0 Å². The average molecular weight is 305 g/mol. The van der Waals surface area contributed by atoms with Crippen molar-refractivity contribution in [3.8, 4) is 0 Å². The Morgan fingerprint density at radius 1 is 1.37 bits per heavy atom. The number of aliphatic hydroxyl groups excluding tert-OH is 1. The van der Waals surface area contributed by atoms with Crippen LogP contribution in [0.1, 0.15) is 5.69 Å². The number of aromatic amines is 1. The van der Waals surface area contributed by atoms with Crippen LogP contribution in [0.25, 0.3) is 0 Å². The Balaban J connectivity index is 2.33. The van der Waals surface area contributed by atoms with E-state index in [2.05, 4.69) is 9.71 Å². The van der Waals surface area contributed by atoms with Crippen molar-refractivity contribution in [2.75, 3.05) is 4.72 Å². The quantitative estimate of drug-likeness (QED) is 0.809. The number of aromatic nitrogens is 1. The van der Waals surface area contributed by atoms with Crippen LogP contribution >= 0.6 is 11.6 Å². The molecule has 0 aliphatic carbocycles. The van der Waals surface area contributed by atoms with Gasteiger partial charge in [0.25, 0.3) is 10.0 Å². The van der Waals surface area contributed by atoms with Crippen molar-refractivity contribution in [1.29, 1.82) is 0 Å². The number of rotatable bonds is 4. The van der Waals surface area contributed by atoms with Gasteiger partial charge in [-0.3, -0.25) is 4.72 Å². The average Bonchev–Trinajstić information content (AvgIpc) is 2.83. The monoisotopic (exact) mass is 304 g/mol. The molecule has 0 saturated heterocycles. The summed E-state index contributed by atoms with van der Waals surface area (Å²) < 4.78 is 39.5. The summed E-state index contributed by atoms with van der Waals surface area (Å²) in [4.78, 5) is 2.48. The summed E-state index contributed by atoms with van der Waals surface area (Å²) in [6, 6.07) is 4.81. The van der Waals surface area contributed by atoms with Crippen molar-refractivity contribution >= 4 is 27.3 Å². The maximum absolute atomic E-state index is 13.5. The van der Waals surface area contributed by atoms with E-state index in [0.717, 1.165) is 6.07 Å². The predicted octanol–water partition coefficient (Wildman–Crippen LogP) is 2.10. The van der Waals surface area contributed by atoms with Crippen LogP contribution in [0, 0.1) is 5.82 Å². The molecule has 0 fully saturated rings. The first-order valence-corrected chi connectivity index (χ1v) is 7.04. The number of anilines is 1. The second-order valence-corrected chi connectivity index (χ2v) is 5.87. The zero-order valence-corrected chi connectivity index (χ0v) is 11.1. The van der Waals surface area contributed by atoms with E-state index in [4.69, 9.17) is 16.7 Å². The summed E-state index contributed by atoms with van der Waals surface area (Å²) in [5.74, 6) is -0.731. The van der Waals surface area contributed by atoms with E-state index in [0.29, 0.717) is 5.69 Å². The van der Waals surface area contributed by atoms with Crippen LogP contribution in [-0.2, 0) is 16.6 Å². The van der Waals surface area contributed by atoms with Crippen LogP contribution in [0.5, 0.6) is 0 Å². The molecule has 0 atom stereocenters. The maximum atomic E-state index is 13.5. The molecule has 0 amide bonds. The molecule has 0 aliphatic rings. The standard InChI is InChI=1S/C11H10ClFN2O3S/c12-7-1-2-10(13)11(3-7)15-19(17,18)9-4-8(6-16)14-5-9/h1-5,14-16H,6H2. The molecule has 0 radical (unpaired) electrons. The fourth-order valence-electron chi connectivity index (χ4n) is 1.44. The first kappa shape index (κ1) is 13.9. The van der Waals surface area contributed by atoms with Crippen molar-refractivity contribution in [2.45, 2.75) is 11.5 Å². The Morgan fingerprint density at radius 2 is 2.11 bits per heavy atom. The van der Waals surface area contributed by atoms with Gasteiger partial charge in [0.15, 0.2) is 0 Å². The van der Waals surface area contributed by atoms with Gasteiger partial charge in [0.2, 0.25) is 0 Å². The Kier molecular flexibility index (Phi) is 3.79. The third kappa shape index (κ3) is 3.06. The highest BCUT2D eigenvalue weighted by molar-refractivity contribution is 7.92. The van der Waals surface area contributed by atoms with Crippen LogP contribution < -0.4 is 4.72 Å². The molecule has 19 heavy (non-hydrogen) atoms. The van der Waals surface area contributed by atoms with Crippen molar-refractivity contribution < 1.29 is 17.9 Å². The van der Waals surface area contributed by atoms with E-state index in [1.165, 1.54) is 24.4 Å². The number of hydrogen-bond acceptors (Lipinski definition) is 3. The van der Waals surface area contributed by atoms with Crippen LogP contribution in [0.3, 0.4) is 0 Å². The molecular weight excluding hydrogens is 295 g/mol. The first-order chi connectivity index (χ1) is 8.92. The lowest BCUT2D eigenvalue weighted by molar-refractivity contribution is 0.277. The summed E-state index contributed by atoms with van der Waals surface area (Å²) in [5, 5.41) is 9.08. The van der Waals surface area contributed by atoms with Crippen molar-refractivity contribution in [3.05, 3.63) is 47.0 Å². The number of hydrogen-bond donors (Lipinski definition) is 3. The maximum Gasteiger partial charge on any atom is 0.263 e. The molecule has 5 nitrogen and oxygen atoms in total. The van der Waals surface area contributed by atoms with Crippen LogP contribution in [0.2, 0.25) is 5.02 Å². The summed E-state index contributed by atoms with van der Waals surface area (Å²) in [6.07, 6.45) is 1.20. The fraction of sp³-hybridized carbons (Fsp3) is 0.0909. The summed E-state index contributed by atoms with van der Waals surface area (Å²) in [7, 11) is -3.93. The molecule has 2 rings (SSSR count). The highest BCUT2D eigenvalue weighted by Gasteiger charge is 2.18. The lowest BCUT2D eigenvalue weighted by Crippen LogP contribution is -2.13. The van der Waals surface area contributed by atoms with E-state index in [9.17, 15) is 12.8 Å². The topological polar surface area (TPSA) is 82.2 Å². The van der Waals surface area contributed by atoms with E-state index in [-0.39, 0.29) is 22.2 Å². The van der Waals surface area contributed by atoms with Gasteiger partial charge in [0.1, 0.15) is 10.7 Å². The van der Waals surface area contributed by atoms with Gasteiger partial charge in [-0.05, 0) is 24.3 Å². The Labute approximate surface area is 114 Å². The molecule has 8 heteroatoms. The summed E-state index contributed by atoms with van der Waals surface area (Å²) in [6.45, 7) is -0.318. The summed E-state index contributed by atoms with van der Waals surface area (Å²) in [5.41, 5.74) is 0.103. The molecule has 0 aliphatic heterocycles. The predicted molar refractivity (Wildman–Crippen MR) is 68.9 cm³/mol.